The number of halogens is 1. The van der Waals surface area contributed by atoms with Crippen LogP contribution in [0.4, 0.5) is 10.1 Å². The third-order valence-corrected chi connectivity index (χ3v) is 4.56. The molecule has 144 valence electrons. The molecule has 3 aromatic heterocycles. The largest absolute Gasteiger partial charge is 0.334 e. The zero-order valence-corrected chi connectivity index (χ0v) is 15.1. The third-order valence-electron chi connectivity index (χ3n) is 4.56. The van der Waals surface area contributed by atoms with E-state index in [4.69, 9.17) is 4.52 Å². The molecule has 9 heteroatoms. The highest BCUT2D eigenvalue weighted by Gasteiger charge is 2.29. The first kappa shape index (κ1) is 17.2. The molecule has 0 radical (unpaired) electrons. The smallest absolute Gasteiger partial charge is 0.275 e. The number of carbonyl (C=O) groups is 1. The van der Waals surface area contributed by atoms with Crippen molar-refractivity contribution in [3.8, 4) is 17.3 Å². The number of anilines is 1. The highest BCUT2D eigenvalue weighted by Crippen LogP contribution is 2.38. The van der Waals surface area contributed by atoms with Crippen LogP contribution in [-0.4, -0.2) is 30.6 Å². The standard InChI is InChI=1S/C20H15FN6O2/c21-14-3-5-15(6-4-14)24-19(28)16-10-27(11-23-16)17-9-13(7-8-22-17)20-25-18(26-29-20)12-1-2-12/h3-12H,1-2H2,(H,24,28). The monoisotopic (exact) mass is 390 g/mol. The maximum Gasteiger partial charge on any atom is 0.275 e. The summed E-state index contributed by atoms with van der Waals surface area (Å²) in [5, 5.41) is 6.70. The molecule has 5 rings (SSSR count). The summed E-state index contributed by atoms with van der Waals surface area (Å²) in [6, 6.07) is 9.08. The first-order valence-electron chi connectivity index (χ1n) is 9.07. The zero-order chi connectivity index (χ0) is 19.8. The quantitative estimate of drug-likeness (QED) is 0.559. The minimum atomic E-state index is -0.405. The van der Waals surface area contributed by atoms with Crippen LogP contribution >= 0.6 is 0 Å². The molecule has 0 spiro atoms. The van der Waals surface area contributed by atoms with E-state index in [2.05, 4.69) is 25.4 Å². The van der Waals surface area contributed by atoms with Crippen LogP contribution in [0.25, 0.3) is 17.3 Å². The Bertz CT molecular complexity index is 1180. The van der Waals surface area contributed by atoms with Gasteiger partial charge in [-0.2, -0.15) is 4.98 Å². The Morgan fingerprint density at radius 3 is 2.79 bits per heavy atom. The number of carbonyl (C=O) groups excluding carboxylic acids is 1. The average Bonchev–Trinajstić information content (AvgIpc) is 3.27. The van der Waals surface area contributed by atoms with Crippen molar-refractivity contribution in [3.63, 3.8) is 0 Å². The number of amides is 1. The maximum atomic E-state index is 13.0. The van der Waals surface area contributed by atoms with Crippen LogP contribution in [0.1, 0.15) is 35.1 Å². The number of hydrogen-bond donors (Lipinski definition) is 1. The predicted molar refractivity (Wildman–Crippen MR) is 101 cm³/mol. The van der Waals surface area contributed by atoms with Crippen molar-refractivity contribution in [2.75, 3.05) is 5.32 Å². The molecular weight excluding hydrogens is 375 g/mol. The fraction of sp³-hybridized carbons (Fsp3) is 0.150. The van der Waals surface area contributed by atoms with Crippen LogP contribution in [0.2, 0.25) is 0 Å². The van der Waals surface area contributed by atoms with Gasteiger partial charge in [0.25, 0.3) is 11.8 Å². The minimum absolute atomic E-state index is 0.204. The van der Waals surface area contributed by atoms with Crippen LogP contribution in [-0.2, 0) is 0 Å². The maximum absolute atomic E-state index is 13.0. The van der Waals surface area contributed by atoms with Crippen molar-refractivity contribution in [2.45, 2.75) is 18.8 Å². The van der Waals surface area contributed by atoms with Crippen molar-refractivity contribution in [2.24, 2.45) is 0 Å². The van der Waals surface area contributed by atoms with Crippen LogP contribution < -0.4 is 5.32 Å². The summed E-state index contributed by atoms with van der Waals surface area (Å²) in [6.07, 6.45) is 6.88. The molecular formula is C20H15FN6O2. The summed E-state index contributed by atoms with van der Waals surface area (Å²) < 4.78 is 20.0. The summed E-state index contributed by atoms with van der Waals surface area (Å²) in [7, 11) is 0. The molecule has 0 saturated heterocycles. The van der Waals surface area contributed by atoms with Gasteiger partial charge in [-0.1, -0.05) is 5.16 Å². The second kappa shape index (κ2) is 6.93. The lowest BCUT2D eigenvalue weighted by Crippen LogP contribution is -2.12. The van der Waals surface area contributed by atoms with Crippen LogP contribution in [0.3, 0.4) is 0 Å². The molecule has 1 aliphatic carbocycles. The van der Waals surface area contributed by atoms with Crippen LogP contribution in [0, 0.1) is 5.82 Å². The number of nitrogens with zero attached hydrogens (tertiary/aromatic N) is 5. The fourth-order valence-electron chi connectivity index (χ4n) is 2.85. The molecule has 0 unspecified atom stereocenters. The van der Waals surface area contributed by atoms with E-state index in [9.17, 15) is 9.18 Å². The predicted octanol–water partition coefficient (Wildman–Crippen LogP) is 3.59. The van der Waals surface area contributed by atoms with Crippen molar-refractivity contribution >= 4 is 11.6 Å². The van der Waals surface area contributed by atoms with Gasteiger partial charge < -0.3 is 9.84 Å². The molecule has 1 amide bonds. The van der Waals surface area contributed by atoms with Gasteiger partial charge in [-0.05, 0) is 49.2 Å². The van der Waals surface area contributed by atoms with E-state index < -0.39 is 5.91 Å². The van der Waals surface area contributed by atoms with Crippen molar-refractivity contribution in [3.05, 3.63) is 72.5 Å². The Morgan fingerprint density at radius 1 is 1.17 bits per heavy atom. The molecule has 1 N–H and O–H groups in total. The third kappa shape index (κ3) is 3.62. The molecule has 3 heterocycles. The number of benzene rings is 1. The normalized spacial score (nSPS) is 13.4. The number of rotatable bonds is 5. The Morgan fingerprint density at radius 2 is 2.00 bits per heavy atom. The number of nitrogens with one attached hydrogen (secondary N) is 1. The van der Waals surface area contributed by atoms with Gasteiger partial charge in [-0.3, -0.25) is 9.36 Å². The SMILES string of the molecule is O=C(Nc1ccc(F)cc1)c1cn(-c2cc(-c3nc(C4CC4)no3)ccn2)cn1. The Balaban J connectivity index is 1.35. The van der Waals surface area contributed by atoms with Gasteiger partial charge >= 0.3 is 0 Å². The highest BCUT2D eigenvalue weighted by atomic mass is 19.1. The van der Waals surface area contributed by atoms with Gasteiger partial charge in [0.2, 0.25) is 0 Å². The number of pyridine rings is 1. The summed E-state index contributed by atoms with van der Waals surface area (Å²) in [6.45, 7) is 0. The van der Waals surface area contributed by atoms with Gasteiger partial charge in [0.1, 0.15) is 23.7 Å². The molecule has 0 bridgehead atoms. The van der Waals surface area contributed by atoms with E-state index in [0.29, 0.717) is 23.3 Å². The van der Waals surface area contributed by atoms with E-state index in [0.717, 1.165) is 24.2 Å². The van der Waals surface area contributed by atoms with Gasteiger partial charge in [0.05, 0.1) is 0 Å². The molecule has 29 heavy (non-hydrogen) atoms. The Hall–Kier alpha value is -3.88. The lowest BCUT2D eigenvalue weighted by Gasteiger charge is -2.03. The highest BCUT2D eigenvalue weighted by molar-refractivity contribution is 6.02. The second-order valence-corrected chi connectivity index (χ2v) is 6.76. The second-order valence-electron chi connectivity index (χ2n) is 6.76. The summed E-state index contributed by atoms with van der Waals surface area (Å²) >= 11 is 0. The summed E-state index contributed by atoms with van der Waals surface area (Å²) in [5.41, 5.74) is 1.42. The zero-order valence-electron chi connectivity index (χ0n) is 15.1. The lowest BCUT2D eigenvalue weighted by atomic mass is 10.2. The summed E-state index contributed by atoms with van der Waals surface area (Å²) in [5.74, 6) is 1.36. The topological polar surface area (TPSA) is 98.7 Å². The number of aromatic nitrogens is 5. The van der Waals surface area contributed by atoms with Crippen molar-refractivity contribution in [1.82, 2.24) is 24.7 Å². The molecule has 8 nitrogen and oxygen atoms in total. The summed E-state index contributed by atoms with van der Waals surface area (Å²) in [4.78, 5) is 25.3. The lowest BCUT2D eigenvalue weighted by molar-refractivity contribution is 0.102. The average molecular weight is 390 g/mol. The van der Waals surface area contributed by atoms with Gasteiger partial charge in [-0.15, -0.1) is 0 Å². The first-order valence-corrected chi connectivity index (χ1v) is 9.07. The molecule has 1 fully saturated rings. The van der Waals surface area contributed by atoms with Crippen molar-refractivity contribution < 1.29 is 13.7 Å². The number of imidazole rings is 1. The van der Waals surface area contributed by atoms with E-state index in [1.54, 1.807) is 29.1 Å². The van der Waals surface area contributed by atoms with E-state index >= 15 is 0 Å². The molecule has 1 saturated carbocycles. The van der Waals surface area contributed by atoms with Crippen LogP contribution in [0.5, 0.6) is 0 Å². The molecule has 0 aliphatic heterocycles. The van der Waals surface area contributed by atoms with E-state index in [-0.39, 0.29) is 11.5 Å². The molecule has 1 aromatic carbocycles. The fourth-order valence-corrected chi connectivity index (χ4v) is 2.85. The van der Waals surface area contributed by atoms with Gasteiger partial charge in [0, 0.05) is 29.6 Å². The van der Waals surface area contributed by atoms with Crippen molar-refractivity contribution in [1.29, 1.82) is 0 Å². The van der Waals surface area contributed by atoms with Crippen LogP contribution in [0.15, 0.2) is 59.6 Å². The molecule has 1 aliphatic rings. The van der Waals surface area contributed by atoms with Gasteiger partial charge in [-0.25, -0.2) is 14.4 Å². The first-order chi connectivity index (χ1) is 14.2. The van der Waals surface area contributed by atoms with Gasteiger partial charge in [0.15, 0.2) is 5.82 Å². The number of hydrogen-bond acceptors (Lipinski definition) is 6. The van der Waals surface area contributed by atoms with E-state index in [1.165, 1.54) is 30.6 Å². The molecule has 4 aromatic rings. The van der Waals surface area contributed by atoms with E-state index in [1.807, 2.05) is 0 Å². The Kier molecular flexibility index (Phi) is 4.12. The minimum Gasteiger partial charge on any atom is -0.334 e. The Labute approximate surface area is 164 Å². The molecule has 0 atom stereocenters.